The molecule has 0 bridgehead atoms. The van der Waals surface area contributed by atoms with Crippen LogP contribution in [-0.4, -0.2) is 43.1 Å². The van der Waals surface area contributed by atoms with Gasteiger partial charge in [0.25, 0.3) is 0 Å². The van der Waals surface area contributed by atoms with Crippen LogP contribution in [0.3, 0.4) is 0 Å². The first-order chi connectivity index (χ1) is 23.9. The fraction of sp³-hybridized carbons (Fsp3) is 0.905. The number of nitrogens with one attached hydrogen (secondary N) is 1. The summed E-state index contributed by atoms with van der Waals surface area (Å²) in [6, 6.07) is -1.02. The molecule has 8 nitrogen and oxygen atoms in total. The number of carboxylic acid groups (broad SMARTS) is 1. The molecule has 0 rings (SSSR count). The molecule has 1 unspecified atom stereocenters. The Kier molecular flexibility index (Phi) is 39.7. The third kappa shape index (κ3) is 37.1. The third-order valence-electron chi connectivity index (χ3n) is 9.32. The highest BCUT2D eigenvalue weighted by Gasteiger charge is 2.23. The van der Waals surface area contributed by atoms with Gasteiger partial charge in [-0.05, 0) is 25.7 Å². The van der Waals surface area contributed by atoms with E-state index in [1.165, 1.54) is 141 Å². The molecule has 0 aromatic rings. The van der Waals surface area contributed by atoms with Gasteiger partial charge in [-0.15, -0.1) is 0 Å². The Morgan fingerprint density at radius 3 is 1.18 bits per heavy atom. The average molecular weight is 711 g/mol. The minimum absolute atomic E-state index is 0. The molecular weight excluding hydrogens is 630 g/mol. The molecule has 1 atom stereocenters. The summed E-state index contributed by atoms with van der Waals surface area (Å²) in [5.41, 5.74) is 0. The standard InChI is InChI=1S/C41H77NO7.CH4/c1-3-5-7-9-11-13-15-17-19-21-23-25-27-29-35-48-40(46)34-31-37(42-38(43)32-33-39(44)45)41(47)49-36-30-28-26-24-22-20-18-16-14-12-10-8-6-4-2;/h37H,3-36H2,1-2H3,(H,42,43)(H,44,45);1H4/p-1. The van der Waals surface area contributed by atoms with Gasteiger partial charge in [0.05, 0.1) is 13.2 Å². The van der Waals surface area contributed by atoms with Crippen molar-refractivity contribution in [1.82, 2.24) is 5.32 Å². The number of carbonyl (C=O) groups is 4. The first kappa shape index (κ1) is 50.0. The lowest BCUT2D eigenvalue weighted by Gasteiger charge is -2.18. The summed E-state index contributed by atoms with van der Waals surface area (Å²) in [5.74, 6) is -2.93. The number of aliphatic carboxylic acids is 1. The summed E-state index contributed by atoms with van der Waals surface area (Å²) in [6.07, 6.45) is 34.2. The van der Waals surface area contributed by atoms with E-state index in [0.717, 1.165) is 38.5 Å². The summed E-state index contributed by atoms with van der Waals surface area (Å²) in [5, 5.41) is 13.3. The van der Waals surface area contributed by atoms with Crippen LogP contribution >= 0.6 is 0 Å². The quantitative estimate of drug-likeness (QED) is 0.0500. The van der Waals surface area contributed by atoms with E-state index in [-0.39, 0.29) is 33.3 Å². The molecule has 0 aliphatic rings. The van der Waals surface area contributed by atoms with E-state index in [1.807, 2.05) is 0 Å². The number of rotatable bonds is 38. The maximum atomic E-state index is 12.8. The SMILES string of the molecule is C.CCCCCCCCCCCCCCCCOC(=O)CCC(NC(=O)CCC(=O)[O-])C(=O)OCCCCCCCCCCCCCCCC. The van der Waals surface area contributed by atoms with Crippen molar-refractivity contribution in [3.8, 4) is 0 Å². The smallest absolute Gasteiger partial charge is 0.328 e. The molecule has 0 radical (unpaired) electrons. The minimum Gasteiger partial charge on any atom is -0.550 e. The lowest BCUT2D eigenvalue weighted by atomic mass is 10.0. The Labute approximate surface area is 308 Å². The summed E-state index contributed by atoms with van der Waals surface area (Å²) >= 11 is 0. The Hall–Kier alpha value is -2.12. The molecule has 1 N–H and O–H groups in total. The van der Waals surface area contributed by atoms with E-state index < -0.39 is 36.3 Å². The molecule has 1 amide bonds. The van der Waals surface area contributed by atoms with Crippen LogP contribution in [0.1, 0.15) is 227 Å². The van der Waals surface area contributed by atoms with Crippen LogP contribution < -0.4 is 10.4 Å². The lowest BCUT2D eigenvalue weighted by Crippen LogP contribution is -2.42. The van der Waals surface area contributed by atoms with Crippen LogP contribution in [0, 0.1) is 0 Å². The Morgan fingerprint density at radius 2 is 0.820 bits per heavy atom. The number of unbranched alkanes of at least 4 members (excludes halogenated alkanes) is 26. The summed E-state index contributed by atoms with van der Waals surface area (Å²) in [7, 11) is 0. The van der Waals surface area contributed by atoms with Crippen LogP contribution in [0.4, 0.5) is 0 Å². The molecule has 0 aliphatic carbocycles. The first-order valence-corrected chi connectivity index (χ1v) is 20.7. The van der Waals surface area contributed by atoms with Gasteiger partial charge >= 0.3 is 11.9 Å². The average Bonchev–Trinajstić information content (AvgIpc) is 3.08. The van der Waals surface area contributed by atoms with E-state index in [4.69, 9.17) is 9.47 Å². The Balaban J connectivity index is 0. The maximum Gasteiger partial charge on any atom is 0.328 e. The van der Waals surface area contributed by atoms with Gasteiger partial charge in [-0.2, -0.15) is 0 Å². The molecule has 0 heterocycles. The van der Waals surface area contributed by atoms with E-state index in [0.29, 0.717) is 6.61 Å². The Bertz CT molecular complexity index is 788. The molecule has 8 heteroatoms. The van der Waals surface area contributed by atoms with Gasteiger partial charge in [0.2, 0.25) is 5.91 Å². The van der Waals surface area contributed by atoms with Gasteiger partial charge in [0, 0.05) is 18.8 Å². The molecule has 0 saturated carbocycles. The number of hydrogen-bond donors (Lipinski definition) is 1. The van der Waals surface area contributed by atoms with Gasteiger partial charge in [-0.3, -0.25) is 9.59 Å². The van der Waals surface area contributed by atoms with Crippen LogP contribution in [-0.2, 0) is 28.7 Å². The van der Waals surface area contributed by atoms with Crippen molar-refractivity contribution in [3.63, 3.8) is 0 Å². The first-order valence-electron chi connectivity index (χ1n) is 20.7. The number of hydrogen-bond acceptors (Lipinski definition) is 7. The van der Waals surface area contributed by atoms with Gasteiger partial charge in [0.1, 0.15) is 6.04 Å². The molecule has 0 aromatic heterocycles. The van der Waals surface area contributed by atoms with Gasteiger partial charge in [0.15, 0.2) is 0 Å². The molecule has 50 heavy (non-hydrogen) atoms. The predicted octanol–water partition coefficient (Wildman–Crippen LogP) is 10.5. The van der Waals surface area contributed by atoms with Gasteiger partial charge in [-0.25, -0.2) is 4.79 Å². The monoisotopic (exact) mass is 711 g/mol. The highest BCUT2D eigenvalue weighted by molar-refractivity contribution is 5.86. The largest absolute Gasteiger partial charge is 0.550 e. The van der Waals surface area contributed by atoms with Crippen molar-refractivity contribution in [2.24, 2.45) is 0 Å². The van der Waals surface area contributed by atoms with E-state index >= 15 is 0 Å². The van der Waals surface area contributed by atoms with Crippen molar-refractivity contribution < 1.29 is 33.8 Å². The van der Waals surface area contributed by atoms with Gasteiger partial charge < -0.3 is 24.7 Å². The van der Waals surface area contributed by atoms with Gasteiger partial charge in [-0.1, -0.05) is 188 Å². The second kappa shape index (κ2) is 39.7. The number of amides is 1. The predicted molar refractivity (Wildman–Crippen MR) is 205 cm³/mol. The third-order valence-corrected chi connectivity index (χ3v) is 9.32. The second-order valence-electron chi connectivity index (χ2n) is 14.1. The van der Waals surface area contributed by atoms with E-state index in [2.05, 4.69) is 19.2 Å². The van der Waals surface area contributed by atoms with Crippen LogP contribution in [0.25, 0.3) is 0 Å². The molecular formula is C42H80NO7-. The molecule has 0 saturated heterocycles. The molecule has 0 aliphatic heterocycles. The molecule has 0 fully saturated rings. The van der Waals surface area contributed by atoms with Crippen molar-refractivity contribution in [3.05, 3.63) is 0 Å². The van der Waals surface area contributed by atoms with Crippen molar-refractivity contribution in [2.75, 3.05) is 13.2 Å². The van der Waals surface area contributed by atoms with Crippen LogP contribution in [0.2, 0.25) is 0 Å². The maximum absolute atomic E-state index is 12.8. The second-order valence-corrected chi connectivity index (χ2v) is 14.1. The molecule has 0 spiro atoms. The number of ether oxygens (including phenoxy) is 2. The summed E-state index contributed by atoms with van der Waals surface area (Å²) < 4.78 is 10.8. The van der Waals surface area contributed by atoms with Crippen molar-refractivity contribution in [1.29, 1.82) is 0 Å². The summed E-state index contributed by atoms with van der Waals surface area (Å²) in [4.78, 5) is 48.1. The van der Waals surface area contributed by atoms with Crippen molar-refractivity contribution >= 4 is 23.8 Å². The number of esters is 2. The fourth-order valence-electron chi connectivity index (χ4n) is 6.12. The lowest BCUT2D eigenvalue weighted by molar-refractivity contribution is -0.305. The summed E-state index contributed by atoms with van der Waals surface area (Å²) in [6.45, 7) is 5.11. The Morgan fingerprint density at radius 1 is 0.480 bits per heavy atom. The molecule has 0 aromatic carbocycles. The topological polar surface area (TPSA) is 122 Å². The fourth-order valence-corrected chi connectivity index (χ4v) is 6.12. The van der Waals surface area contributed by atoms with E-state index in [9.17, 15) is 24.3 Å². The van der Waals surface area contributed by atoms with Crippen molar-refractivity contribution in [2.45, 2.75) is 233 Å². The zero-order valence-electron chi connectivity index (χ0n) is 32.0. The molecule has 296 valence electrons. The normalized spacial score (nSPS) is 11.5. The zero-order valence-corrected chi connectivity index (χ0v) is 32.0. The highest BCUT2D eigenvalue weighted by Crippen LogP contribution is 2.15. The number of carbonyl (C=O) groups excluding carboxylic acids is 4. The van der Waals surface area contributed by atoms with Crippen LogP contribution in [0.5, 0.6) is 0 Å². The zero-order chi connectivity index (χ0) is 36.0. The van der Waals surface area contributed by atoms with E-state index in [1.54, 1.807) is 0 Å². The van der Waals surface area contributed by atoms with Crippen LogP contribution in [0.15, 0.2) is 0 Å². The highest BCUT2D eigenvalue weighted by atomic mass is 16.5. The number of carboxylic acids is 1. The minimum atomic E-state index is -1.33.